The highest BCUT2D eigenvalue weighted by molar-refractivity contribution is 7.92. The third-order valence-electron chi connectivity index (χ3n) is 3.14. The fraction of sp³-hybridized carbons (Fsp3) is 0.500. The highest BCUT2D eigenvalue weighted by Crippen LogP contribution is 2.27. The zero-order chi connectivity index (χ0) is 16.2. The molecule has 1 N–H and O–H groups in total. The monoisotopic (exact) mass is 332 g/mol. The molecule has 0 aromatic heterocycles. The summed E-state index contributed by atoms with van der Waals surface area (Å²) in [6.45, 7) is 3.98. The van der Waals surface area contributed by atoms with Crippen LogP contribution in [-0.2, 0) is 10.0 Å². The number of rotatable bonds is 6. The van der Waals surface area contributed by atoms with E-state index in [1.54, 1.807) is 6.07 Å². The number of nitrogens with zero attached hydrogens (tertiary/aromatic N) is 1. The van der Waals surface area contributed by atoms with Gasteiger partial charge in [0.2, 0.25) is 10.0 Å². The van der Waals surface area contributed by atoms with E-state index in [1.807, 2.05) is 13.8 Å². The van der Waals surface area contributed by atoms with Crippen molar-refractivity contribution in [1.29, 1.82) is 0 Å². The average Bonchev–Trinajstić information content (AvgIpc) is 2.37. The number of anilines is 1. The van der Waals surface area contributed by atoms with Gasteiger partial charge in [-0.1, -0.05) is 24.9 Å². The maximum atomic E-state index is 12.1. The minimum atomic E-state index is -3.44. The van der Waals surface area contributed by atoms with Gasteiger partial charge in [-0.05, 0) is 31.5 Å². The molecule has 0 saturated heterocycles. The summed E-state index contributed by atoms with van der Waals surface area (Å²) < 4.78 is 24.2. The summed E-state index contributed by atoms with van der Waals surface area (Å²) in [4.78, 5) is 12.1. The zero-order valence-corrected chi connectivity index (χ0v) is 14.3. The molecule has 0 unspecified atom stereocenters. The second-order valence-electron chi connectivity index (χ2n) is 5.06. The number of carbonyl (C=O) groups excluding carboxylic acids is 1. The Labute approximate surface area is 131 Å². The quantitative estimate of drug-likeness (QED) is 0.870. The van der Waals surface area contributed by atoms with Gasteiger partial charge in [0.05, 0.1) is 17.0 Å². The molecule has 0 radical (unpaired) electrons. The number of amides is 1. The lowest BCUT2D eigenvalue weighted by atomic mass is 10.1. The molecule has 1 atom stereocenters. The number of hydrogen-bond acceptors (Lipinski definition) is 3. The molecule has 0 spiro atoms. The average molecular weight is 333 g/mol. The third-order valence-corrected chi connectivity index (χ3v) is 4.66. The number of hydrogen-bond donors (Lipinski definition) is 1. The Kier molecular flexibility index (Phi) is 6.04. The Morgan fingerprint density at radius 3 is 2.57 bits per heavy atom. The van der Waals surface area contributed by atoms with Gasteiger partial charge in [0.25, 0.3) is 5.91 Å². The Hall–Kier alpha value is -1.27. The first-order chi connectivity index (χ1) is 9.66. The van der Waals surface area contributed by atoms with E-state index in [0.717, 1.165) is 23.4 Å². The molecule has 5 nitrogen and oxygen atoms in total. The molecule has 7 heteroatoms. The lowest BCUT2D eigenvalue weighted by molar-refractivity contribution is 0.0938. The SMILES string of the molecule is CCC[C@H](C)NC(=O)c1ccc(Cl)c(N(C)S(C)(=O)=O)c1. The first kappa shape index (κ1) is 17.8. The molecule has 118 valence electrons. The number of benzene rings is 1. The molecule has 0 saturated carbocycles. The van der Waals surface area contributed by atoms with Crippen molar-refractivity contribution in [3.05, 3.63) is 28.8 Å². The largest absolute Gasteiger partial charge is 0.350 e. The first-order valence-electron chi connectivity index (χ1n) is 6.71. The lowest BCUT2D eigenvalue weighted by Gasteiger charge is -2.19. The molecule has 1 aromatic carbocycles. The third kappa shape index (κ3) is 4.89. The summed E-state index contributed by atoms with van der Waals surface area (Å²) in [5.74, 6) is -0.240. The molecular weight excluding hydrogens is 312 g/mol. The van der Waals surface area contributed by atoms with Gasteiger partial charge in [0, 0.05) is 18.7 Å². The second-order valence-corrected chi connectivity index (χ2v) is 7.48. The maximum absolute atomic E-state index is 12.1. The molecular formula is C14H21ClN2O3S. The number of halogens is 1. The molecule has 0 aliphatic heterocycles. The number of sulfonamides is 1. The summed E-state index contributed by atoms with van der Waals surface area (Å²) in [5, 5.41) is 3.15. The van der Waals surface area contributed by atoms with E-state index >= 15 is 0 Å². The Morgan fingerprint density at radius 1 is 1.43 bits per heavy atom. The molecule has 1 amide bonds. The smallest absolute Gasteiger partial charge is 0.251 e. The van der Waals surface area contributed by atoms with E-state index in [9.17, 15) is 13.2 Å². The van der Waals surface area contributed by atoms with Crippen LogP contribution in [0.3, 0.4) is 0 Å². The zero-order valence-electron chi connectivity index (χ0n) is 12.7. The second kappa shape index (κ2) is 7.13. The Bertz CT molecular complexity index is 617. The minimum absolute atomic E-state index is 0.0641. The van der Waals surface area contributed by atoms with Gasteiger partial charge >= 0.3 is 0 Å². The van der Waals surface area contributed by atoms with E-state index in [2.05, 4.69) is 5.32 Å². The van der Waals surface area contributed by atoms with Gasteiger partial charge in [-0.15, -0.1) is 0 Å². The van der Waals surface area contributed by atoms with Crippen molar-refractivity contribution < 1.29 is 13.2 Å². The predicted molar refractivity (Wildman–Crippen MR) is 86.5 cm³/mol. The molecule has 21 heavy (non-hydrogen) atoms. The van der Waals surface area contributed by atoms with E-state index in [1.165, 1.54) is 19.2 Å². The number of carbonyl (C=O) groups is 1. The van der Waals surface area contributed by atoms with Gasteiger partial charge in [0.1, 0.15) is 0 Å². The van der Waals surface area contributed by atoms with Crippen molar-refractivity contribution in [2.24, 2.45) is 0 Å². The Morgan fingerprint density at radius 2 is 2.05 bits per heavy atom. The maximum Gasteiger partial charge on any atom is 0.251 e. The van der Waals surface area contributed by atoms with Crippen LogP contribution in [0.1, 0.15) is 37.0 Å². The van der Waals surface area contributed by atoms with Crippen LogP contribution in [0.25, 0.3) is 0 Å². The summed E-state index contributed by atoms with van der Waals surface area (Å²) in [5.41, 5.74) is 0.669. The van der Waals surface area contributed by atoms with Crippen LogP contribution in [0, 0.1) is 0 Å². The van der Waals surface area contributed by atoms with Crippen LogP contribution in [0.4, 0.5) is 5.69 Å². The van der Waals surface area contributed by atoms with Crippen molar-refractivity contribution >= 4 is 33.2 Å². The van der Waals surface area contributed by atoms with Crippen LogP contribution in [0.15, 0.2) is 18.2 Å². The Balaban J connectivity index is 3.04. The van der Waals surface area contributed by atoms with Gasteiger partial charge in [-0.2, -0.15) is 0 Å². The van der Waals surface area contributed by atoms with Gasteiger partial charge < -0.3 is 5.32 Å². The van der Waals surface area contributed by atoms with Crippen molar-refractivity contribution in [2.45, 2.75) is 32.7 Å². The molecule has 0 heterocycles. The molecule has 0 bridgehead atoms. The van der Waals surface area contributed by atoms with Crippen LogP contribution in [0.2, 0.25) is 5.02 Å². The summed E-state index contributed by atoms with van der Waals surface area (Å²) in [7, 11) is -2.03. The van der Waals surface area contributed by atoms with Gasteiger partial charge in [-0.25, -0.2) is 8.42 Å². The molecule has 0 aliphatic carbocycles. The van der Waals surface area contributed by atoms with Gasteiger partial charge in [-0.3, -0.25) is 9.10 Å². The van der Waals surface area contributed by atoms with Crippen LogP contribution in [0.5, 0.6) is 0 Å². The summed E-state index contributed by atoms with van der Waals surface area (Å²) in [6, 6.07) is 4.65. The van der Waals surface area contributed by atoms with Crippen molar-refractivity contribution in [2.75, 3.05) is 17.6 Å². The van der Waals surface area contributed by atoms with Crippen molar-refractivity contribution in [3.63, 3.8) is 0 Å². The van der Waals surface area contributed by atoms with Crippen LogP contribution in [-0.4, -0.2) is 33.7 Å². The van der Waals surface area contributed by atoms with Crippen molar-refractivity contribution in [1.82, 2.24) is 5.32 Å². The number of nitrogens with one attached hydrogen (secondary N) is 1. The van der Waals surface area contributed by atoms with E-state index < -0.39 is 10.0 Å². The lowest BCUT2D eigenvalue weighted by Crippen LogP contribution is -2.32. The topological polar surface area (TPSA) is 66.5 Å². The highest BCUT2D eigenvalue weighted by atomic mass is 35.5. The minimum Gasteiger partial charge on any atom is -0.350 e. The fourth-order valence-corrected chi connectivity index (χ4v) is 2.69. The molecule has 0 fully saturated rings. The van der Waals surface area contributed by atoms with Crippen LogP contribution >= 0.6 is 11.6 Å². The predicted octanol–water partition coefficient (Wildman–Crippen LogP) is 2.65. The summed E-state index contributed by atoms with van der Waals surface area (Å²) in [6.07, 6.45) is 2.94. The van der Waals surface area contributed by atoms with E-state index in [-0.39, 0.29) is 22.7 Å². The van der Waals surface area contributed by atoms with E-state index in [4.69, 9.17) is 11.6 Å². The molecule has 1 aromatic rings. The normalized spacial score (nSPS) is 12.8. The molecule has 0 aliphatic rings. The fourth-order valence-electron chi connectivity index (χ4n) is 1.89. The summed E-state index contributed by atoms with van der Waals surface area (Å²) >= 11 is 6.02. The standard InChI is InChI=1S/C14H21ClN2O3S/c1-5-6-10(2)16-14(18)11-7-8-12(15)13(9-11)17(3)21(4,19)20/h7-10H,5-6H2,1-4H3,(H,16,18)/t10-/m0/s1. The first-order valence-corrected chi connectivity index (χ1v) is 8.93. The van der Waals surface area contributed by atoms with E-state index in [0.29, 0.717) is 5.56 Å². The van der Waals surface area contributed by atoms with Crippen LogP contribution < -0.4 is 9.62 Å². The highest BCUT2D eigenvalue weighted by Gasteiger charge is 2.18. The van der Waals surface area contributed by atoms with Gasteiger partial charge in [0.15, 0.2) is 0 Å². The molecule has 1 rings (SSSR count). The van der Waals surface area contributed by atoms with Crippen molar-refractivity contribution in [3.8, 4) is 0 Å².